The molecule has 0 radical (unpaired) electrons. The minimum atomic E-state index is -0.858. The number of carboxylic acid groups (broad SMARTS) is 1. The maximum Gasteiger partial charge on any atom is 0.309 e. The number of aromatic nitrogens is 2. The second-order valence-electron chi connectivity index (χ2n) is 2.92. The molecule has 2 aromatic heterocycles. The van der Waals surface area contributed by atoms with Gasteiger partial charge in [-0.15, -0.1) is 0 Å². The van der Waals surface area contributed by atoms with Crippen molar-refractivity contribution in [3.8, 4) is 0 Å². The number of nitrogens with zero attached hydrogens (tertiary/aromatic N) is 2. The average molecular weight is 302 g/mol. The molecule has 1 N–H and O–H groups in total. The zero-order valence-corrected chi connectivity index (χ0v) is 9.30. The Morgan fingerprint density at radius 3 is 3.00 bits per heavy atom. The molecule has 72 valence electrons. The first-order valence-corrected chi connectivity index (χ1v) is 5.08. The fourth-order valence-corrected chi connectivity index (χ4v) is 1.74. The number of aliphatic carboxylic acids is 1. The van der Waals surface area contributed by atoms with Gasteiger partial charge in [0, 0.05) is 16.0 Å². The molecule has 0 unspecified atom stereocenters. The molecule has 14 heavy (non-hydrogen) atoms. The van der Waals surface area contributed by atoms with Gasteiger partial charge in [0.25, 0.3) is 0 Å². The van der Waals surface area contributed by atoms with Gasteiger partial charge in [-0.3, -0.25) is 4.79 Å². The van der Waals surface area contributed by atoms with E-state index in [1.807, 2.05) is 22.7 Å². The van der Waals surface area contributed by atoms with Crippen LogP contribution in [0.25, 0.3) is 5.65 Å². The molecule has 0 fully saturated rings. The monoisotopic (exact) mass is 302 g/mol. The first kappa shape index (κ1) is 9.45. The maximum absolute atomic E-state index is 10.5. The van der Waals surface area contributed by atoms with Crippen LogP contribution in [0.2, 0.25) is 0 Å². The predicted molar refractivity (Wildman–Crippen MR) is 59.2 cm³/mol. The van der Waals surface area contributed by atoms with Crippen LogP contribution < -0.4 is 0 Å². The van der Waals surface area contributed by atoms with Crippen molar-refractivity contribution in [3.63, 3.8) is 0 Å². The summed E-state index contributed by atoms with van der Waals surface area (Å²) in [6, 6.07) is 3.81. The number of imidazole rings is 1. The van der Waals surface area contributed by atoms with Crippen molar-refractivity contribution < 1.29 is 9.90 Å². The van der Waals surface area contributed by atoms with Gasteiger partial charge < -0.3 is 9.51 Å². The summed E-state index contributed by atoms with van der Waals surface area (Å²) in [6.07, 6.45) is 3.62. The van der Waals surface area contributed by atoms with E-state index in [9.17, 15) is 4.79 Å². The number of pyridine rings is 1. The van der Waals surface area contributed by atoms with E-state index in [4.69, 9.17) is 5.11 Å². The lowest BCUT2D eigenvalue weighted by Crippen LogP contribution is -1.99. The number of halogens is 1. The highest BCUT2D eigenvalue weighted by Gasteiger charge is 2.05. The first-order valence-electron chi connectivity index (χ1n) is 4.00. The molecule has 0 spiro atoms. The molecule has 5 heteroatoms. The van der Waals surface area contributed by atoms with Crippen molar-refractivity contribution in [1.82, 2.24) is 9.38 Å². The van der Waals surface area contributed by atoms with Crippen molar-refractivity contribution >= 4 is 34.2 Å². The number of fused-ring (bicyclic) bond motifs is 1. The van der Waals surface area contributed by atoms with Crippen LogP contribution in [0.15, 0.2) is 24.5 Å². The molecule has 0 aromatic carbocycles. The molecule has 0 atom stereocenters. The third kappa shape index (κ3) is 1.87. The number of hydrogen-bond donors (Lipinski definition) is 1. The van der Waals surface area contributed by atoms with Gasteiger partial charge in [-0.05, 0) is 34.7 Å². The van der Waals surface area contributed by atoms with Gasteiger partial charge in [0.2, 0.25) is 0 Å². The Labute approximate surface area is 93.7 Å². The molecule has 0 aliphatic rings. The smallest absolute Gasteiger partial charge is 0.309 e. The summed E-state index contributed by atoms with van der Waals surface area (Å²) in [6.45, 7) is 0. The van der Waals surface area contributed by atoms with Crippen LogP contribution in [0, 0.1) is 3.57 Å². The minimum Gasteiger partial charge on any atom is -0.481 e. The summed E-state index contributed by atoms with van der Waals surface area (Å²) < 4.78 is 2.93. The van der Waals surface area contributed by atoms with Gasteiger partial charge >= 0.3 is 5.97 Å². The normalized spacial score (nSPS) is 10.6. The van der Waals surface area contributed by atoms with Crippen LogP contribution in [0.4, 0.5) is 0 Å². The van der Waals surface area contributed by atoms with E-state index in [0.717, 1.165) is 9.22 Å². The van der Waals surface area contributed by atoms with Gasteiger partial charge in [-0.1, -0.05) is 0 Å². The summed E-state index contributed by atoms with van der Waals surface area (Å²) in [4.78, 5) is 14.6. The second kappa shape index (κ2) is 3.56. The molecule has 4 nitrogen and oxygen atoms in total. The van der Waals surface area contributed by atoms with E-state index in [2.05, 4.69) is 27.6 Å². The van der Waals surface area contributed by atoms with Gasteiger partial charge in [0.15, 0.2) is 0 Å². The second-order valence-corrected chi connectivity index (χ2v) is 4.16. The number of hydrogen-bond acceptors (Lipinski definition) is 2. The molecule has 2 rings (SSSR count). The molecular formula is C9H7IN2O2. The summed E-state index contributed by atoms with van der Waals surface area (Å²) in [5.41, 5.74) is 1.36. The van der Waals surface area contributed by atoms with E-state index in [-0.39, 0.29) is 6.42 Å². The fraction of sp³-hybridized carbons (Fsp3) is 0.111. The molecule has 0 aliphatic heterocycles. The molecule has 2 heterocycles. The third-order valence-electron chi connectivity index (χ3n) is 1.80. The Morgan fingerprint density at radius 1 is 1.50 bits per heavy atom. The highest BCUT2D eigenvalue weighted by atomic mass is 127. The topological polar surface area (TPSA) is 54.6 Å². The largest absolute Gasteiger partial charge is 0.481 e. The highest BCUT2D eigenvalue weighted by molar-refractivity contribution is 14.1. The van der Waals surface area contributed by atoms with Gasteiger partial charge in [-0.2, -0.15) is 0 Å². The summed E-state index contributed by atoms with van der Waals surface area (Å²) in [7, 11) is 0. The van der Waals surface area contributed by atoms with Gasteiger partial charge in [-0.25, -0.2) is 4.98 Å². The Kier molecular flexibility index (Phi) is 2.40. The quantitative estimate of drug-likeness (QED) is 0.857. The lowest BCUT2D eigenvalue weighted by atomic mass is 10.3. The van der Waals surface area contributed by atoms with Crippen molar-refractivity contribution in [3.05, 3.63) is 33.8 Å². The molecule has 0 saturated heterocycles. The van der Waals surface area contributed by atoms with Crippen LogP contribution in [-0.2, 0) is 11.2 Å². The molecule has 0 amide bonds. The fourth-order valence-electron chi connectivity index (χ4n) is 1.26. The molecule has 0 saturated carbocycles. The van der Waals surface area contributed by atoms with Gasteiger partial charge in [0.1, 0.15) is 5.65 Å². The molecule has 2 aromatic rings. The Balaban J connectivity index is 2.46. The molecular weight excluding hydrogens is 295 g/mol. The van der Waals surface area contributed by atoms with E-state index < -0.39 is 5.97 Å². The highest BCUT2D eigenvalue weighted by Crippen LogP contribution is 2.09. The van der Waals surface area contributed by atoms with E-state index in [1.54, 1.807) is 6.20 Å². The average Bonchev–Trinajstić information content (AvgIpc) is 2.44. The molecule has 0 aliphatic carbocycles. The predicted octanol–water partition coefficient (Wildman–Crippen LogP) is 1.57. The van der Waals surface area contributed by atoms with E-state index >= 15 is 0 Å². The number of carbonyl (C=O) groups is 1. The standard InChI is InChI=1S/C9H7IN2O2/c10-6-1-2-8-11-7(3-9(13)14)5-12(8)4-6/h1-2,4-5H,3H2,(H,13,14). The van der Waals surface area contributed by atoms with E-state index in [1.165, 1.54) is 0 Å². The van der Waals surface area contributed by atoms with Crippen molar-refractivity contribution in [1.29, 1.82) is 0 Å². The lowest BCUT2D eigenvalue weighted by molar-refractivity contribution is -0.136. The van der Waals surface area contributed by atoms with Crippen LogP contribution in [0.1, 0.15) is 5.69 Å². The minimum absolute atomic E-state index is 0.0295. The van der Waals surface area contributed by atoms with Crippen LogP contribution in [0.3, 0.4) is 0 Å². The lowest BCUT2D eigenvalue weighted by Gasteiger charge is -1.91. The zero-order valence-electron chi connectivity index (χ0n) is 7.14. The van der Waals surface area contributed by atoms with Crippen molar-refractivity contribution in [2.24, 2.45) is 0 Å². The van der Waals surface area contributed by atoms with Gasteiger partial charge in [0.05, 0.1) is 12.1 Å². The Morgan fingerprint density at radius 2 is 2.29 bits per heavy atom. The summed E-state index contributed by atoms with van der Waals surface area (Å²) in [5, 5.41) is 8.60. The summed E-state index contributed by atoms with van der Waals surface area (Å²) >= 11 is 2.20. The zero-order chi connectivity index (χ0) is 10.1. The summed E-state index contributed by atoms with van der Waals surface area (Å²) in [5.74, 6) is -0.858. The van der Waals surface area contributed by atoms with Crippen LogP contribution in [0.5, 0.6) is 0 Å². The molecule has 0 bridgehead atoms. The van der Waals surface area contributed by atoms with Crippen LogP contribution >= 0.6 is 22.6 Å². The third-order valence-corrected chi connectivity index (χ3v) is 2.44. The number of carboxylic acids is 1. The van der Waals surface area contributed by atoms with Crippen molar-refractivity contribution in [2.75, 3.05) is 0 Å². The maximum atomic E-state index is 10.5. The van der Waals surface area contributed by atoms with Crippen molar-refractivity contribution in [2.45, 2.75) is 6.42 Å². The SMILES string of the molecule is O=C(O)Cc1cn2cc(I)ccc2n1. The first-order chi connectivity index (χ1) is 6.65. The Hall–Kier alpha value is -1.11. The Bertz CT molecular complexity index is 493. The number of rotatable bonds is 2. The van der Waals surface area contributed by atoms with Crippen LogP contribution in [-0.4, -0.2) is 20.5 Å². The van der Waals surface area contributed by atoms with E-state index in [0.29, 0.717) is 5.69 Å².